The van der Waals surface area contributed by atoms with Crippen LogP contribution >= 0.6 is 0 Å². The number of carbonyl (C=O) groups is 2. The van der Waals surface area contributed by atoms with Crippen molar-refractivity contribution in [3.05, 3.63) is 12.2 Å². The zero-order chi connectivity index (χ0) is 15.9. The number of ether oxygens (including phenoxy) is 1. The summed E-state index contributed by atoms with van der Waals surface area (Å²) in [5.74, 6) is -0.638. The smallest absolute Gasteiger partial charge is 0.306 e. The van der Waals surface area contributed by atoms with E-state index in [2.05, 4.69) is 15.5 Å². The van der Waals surface area contributed by atoms with E-state index < -0.39 is 5.97 Å². The fraction of sp³-hybridized carbons (Fsp3) is 0.714. The number of hydrogen-bond donors (Lipinski definition) is 2. The Morgan fingerprint density at radius 1 is 1.45 bits per heavy atom. The molecule has 1 fully saturated rings. The second kappa shape index (κ2) is 7.88. The second-order valence-electron chi connectivity index (χ2n) is 5.52. The molecule has 0 spiro atoms. The molecule has 0 aromatic carbocycles. The van der Waals surface area contributed by atoms with Gasteiger partial charge in [-0.2, -0.15) is 0 Å². The van der Waals surface area contributed by atoms with Crippen molar-refractivity contribution in [2.24, 2.45) is 11.8 Å². The maximum Gasteiger partial charge on any atom is 0.306 e. The number of rotatable bonds is 8. The predicted molar refractivity (Wildman–Crippen MR) is 77.1 cm³/mol. The van der Waals surface area contributed by atoms with Crippen LogP contribution in [0.25, 0.3) is 0 Å². The number of amides is 1. The zero-order valence-electron chi connectivity index (χ0n) is 12.7. The highest BCUT2D eigenvalue weighted by atomic mass is 16.5. The summed E-state index contributed by atoms with van der Waals surface area (Å²) >= 11 is 0. The number of carbonyl (C=O) groups excluding carboxylic acids is 1. The molecule has 1 amide bonds. The van der Waals surface area contributed by atoms with Gasteiger partial charge in [0.2, 0.25) is 5.91 Å². The van der Waals surface area contributed by atoms with Crippen molar-refractivity contribution in [1.82, 2.24) is 20.1 Å². The van der Waals surface area contributed by atoms with Gasteiger partial charge in [-0.25, -0.2) is 0 Å². The monoisotopic (exact) mass is 310 g/mol. The Morgan fingerprint density at radius 3 is 2.91 bits per heavy atom. The van der Waals surface area contributed by atoms with E-state index in [1.54, 1.807) is 13.4 Å². The Labute approximate surface area is 128 Å². The van der Waals surface area contributed by atoms with E-state index in [4.69, 9.17) is 9.84 Å². The first-order valence-corrected chi connectivity index (χ1v) is 7.48. The van der Waals surface area contributed by atoms with Gasteiger partial charge in [-0.05, 0) is 19.3 Å². The van der Waals surface area contributed by atoms with Crippen LogP contribution < -0.4 is 5.32 Å². The Balaban J connectivity index is 1.73. The predicted octanol–water partition coefficient (Wildman–Crippen LogP) is 0.0841. The minimum Gasteiger partial charge on any atom is -0.481 e. The number of aliphatic carboxylic acids is 1. The minimum atomic E-state index is -0.804. The summed E-state index contributed by atoms with van der Waals surface area (Å²) in [6, 6.07) is 0. The Morgan fingerprint density at radius 2 is 2.23 bits per heavy atom. The quantitative estimate of drug-likeness (QED) is 0.704. The molecule has 22 heavy (non-hydrogen) atoms. The summed E-state index contributed by atoms with van der Waals surface area (Å²) < 4.78 is 6.91. The van der Waals surface area contributed by atoms with Crippen molar-refractivity contribution in [3.63, 3.8) is 0 Å². The molecule has 122 valence electrons. The largest absolute Gasteiger partial charge is 0.481 e. The highest BCUT2D eigenvalue weighted by molar-refractivity contribution is 5.80. The van der Waals surface area contributed by atoms with Gasteiger partial charge >= 0.3 is 5.97 Å². The Bertz CT molecular complexity index is 517. The number of methoxy groups -OCH3 is 1. The molecule has 8 heteroatoms. The highest BCUT2D eigenvalue weighted by Gasteiger charge is 2.33. The lowest BCUT2D eigenvalue weighted by molar-refractivity contribution is -0.141. The molecular formula is C14H22N4O4. The maximum absolute atomic E-state index is 12.0. The molecule has 0 aliphatic heterocycles. The van der Waals surface area contributed by atoms with Crippen LogP contribution in [-0.4, -0.2) is 52.0 Å². The molecule has 1 aliphatic rings. The van der Waals surface area contributed by atoms with Gasteiger partial charge < -0.3 is 19.7 Å². The fourth-order valence-electron chi connectivity index (χ4n) is 2.73. The van der Waals surface area contributed by atoms with Crippen LogP contribution in [-0.2, 0) is 27.3 Å². The first-order chi connectivity index (χ1) is 10.6. The van der Waals surface area contributed by atoms with Gasteiger partial charge in [-0.15, -0.1) is 10.2 Å². The van der Waals surface area contributed by atoms with Crippen LogP contribution in [0.5, 0.6) is 0 Å². The number of hydrogen-bond acceptors (Lipinski definition) is 5. The summed E-state index contributed by atoms with van der Waals surface area (Å²) in [7, 11) is 1.64. The normalized spacial score (nSPS) is 21.0. The van der Waals surface area contributed by atoms with Crippen LogP contribution in [0.2, 0.25) is 0 Å². The van der Waals surface area contributed by atoms with E-state index in [1.165, 1.54) is 0 Å². The third kappa shape index (κ3) is 4.27. The van der Waals surface area contributed by atoms with Crippen LogP contribution in [0.3, 0.4) is 0 Å². The van der Waals surface area contributed by atoms with Crippen LogP contribution in [0.15, 0.2) is 6.33 Å². The van der Waals surface area contributed by atoms with E-state index in [9.17, 15) is 9.59 Å². The summed E-state index contributed by atoms with van der Waals surface area (Å²) in [4.78, 5) is 22.9. The maximum atomic E-state index is 12.0. The molecule has 0 radical (unpaired) electrons. The molecule has 2 N–H and O–H groups in total. The van der Waals surface area contributed by atoms with Crippen LogP contribution in [0, 0.1) is 11.8 Å². The van der Waals surface area contributed by atoms with Crippen molar-refractivity contribution in [1.29, 1.82) is 0 Å². The summed E-state index contributed by atoms with van der Waals surface area (Å²) in [5, 5.41) is 19.7. The van der Waals surface area contributed by atoms with Crippen molar-refractivity contribution < 1.29 is 19.4 Å². The Kier molecular flexibility index (Phi) is 5.88. The topological polar surface area (TPSA) is 106 Å². The van der Waals surface area contributed by atoms with Gasteiger partial charge in [-0.1, -0.05) is 0 Å². The first-order valence-electron chi connectivity index (χ1n) is 7.48. The average molecular weight is 310 g/mol. The SMILES string of the molecule is COCCn1cnnc1CCNC(=O)[C@H]1CC[C@@H](C(=O)O)C1. The van der Waals surface area contributed by atoms with Gasteiger partial charge in [0, 0.05) is 32.5 Å². The fourth-order valence-corrected chi connectivity index (χ4v) is 2.73. The Hall–Kier alpha value is -1.96. The standard InChI is InChI=1S/C14H22N4O4/c1-22-7-6-18-9-16-17-12(18)4-5-15-13(19)10-2-3-11(8-10)14(20)21/h9-11H,2-8H2,1H3,(H,15,19)(H,20,21)/t10-,11+/m0/s1. The minimum absolute atomic E-state index is 0.0632. The number of aromatic nitrogens is 3. The van der Waals surface area contributed by atoms with Crippen molar-refractivity contribution >= 4 is 11.9 Å². The third-order valence-corrected chi connectivity index (χ3v) is 4.03. The van der Waals surface area contributed by atoms with Gasteiger partial charge in [-0.3, -0.25) is 9.59 Å². The molecule has 1 aliphatic carbocycles. The van der Waals surface area contributed by atoms with E-state index in [0.29, 0.717) is 45.4 Å². The second-order valence-corrected chi connectivity index (χ2v) is 5.52. The van der Waals surface area contributed by atoms with Gasteiger partial charge in [0.25, 0.3) is 0 Å². The van der Waals surface area contributed by atoms with Crippen molar-refractivity contribution in [2.75, 3.05) is 20.3 Å². The van der Waals surface area contributed by atoms with Crippen LogP contribution in [0.4, 0.5) is 0 Å². The van der Waals surface area contributed by atoms with E-state index >= 15 is 0 Å². The van der Waals surface area contributed by atoms with E-state index in [1.807, 2.05) is 4.57 Å². The zero-order valence-corrected chi connectivity index (χ0v) is 12.7. The number of nitrogens with one attached hydrogen (secondary N) is 1. The van der Waals surface area contributed by atoms with Crippen LogP contribution in [0.1, 0.15) is 25.1 Å². The lowest BCUT2D eigenvalue weighted by Gasteiger charge is -2.11. The summed E-state index contributed by atoms with van der Waals surface area (Å²) in [5.41, 5.74) is 0. The molecule has 1 aromatic rings. The summed E-state index contributed by atoms with van der Waals surface area (Å²) in [6.45, 7) is 1.73. The molecule has 1 heterocycles. The number of carboxylic acid groups (broad SMARTS) is 1. The van der Waals surface area contributed by atoms with E-state index in [-0.39, 0.29) is 17.7 Å². The third-order valence-electron chi connectivity index (χ3n) is 4.03. The van der Waals surface area contributed by atoms with Gasteiger partial charge in [0.05, 0.1) is 12.5 Å². The van der Waals surface area contributed by atoms with Crippen molar-refractivity contribution in [2.45, 2.75) is 32.2 Å². The highest BCUT2D eigenvalue weighted by Crippen LogP contribution is 2.30. The van der Waals surface area contributed by atoms with Gasteiger partial charge in [0.1, 0.15) is 12.2 Å². The molecule has 0 unspecified atom stereocenters. The molecule has 2 rings (SSSR count). The molecule has 8 nitrogen and oxygen atoms in total. The van der Waals surface area contributed by atoms with Gasteiger partial charge in [0.15, 0.2) is 0 Å². The molecule has 2 atom stereocenters. The lowest BCUT2D eigenvalue weighted by Crippen LogP contribution is -2.32. The lowest BCUT2D eigenvalue weighted by atomic mass is 10.0. The number of nitrogens with zero attached hydrogens (tertiary/aromatic N) is 3. The average Bonchev–Trinajstić information content (AvgIpc) is 3.14. The molecule has 1 saturated carbocycles. The summed E-state index contributed by atoms with van der Waals surface area (Å²) in [6.07, 6.45) is 3.89. The number of carboxylic acids is 1. The first kappa shape index (κ1) is 16.4. The van der Waals surface area contributed by atoms with Crippen molar-refractivity contribution in [3.8, 4) is 0 Å². The molecule has 1 aromatic heterocycles. The molecular weight excluding hydrogens is 288 g/mol. The molecule has 0 bridgehead atoms. The van der Waals surface area contributed by atoms with E-state index in [0.717, 1.165) is 5.82 Å². The molecule has 0 saturated heterocycles.